The van der Waals surface area contributed by atoms with E-state index in [0.29, 0.717) is 19.5 Å². The second kappa shape index (κ2) is 4.63. The van der Waals surface area contributed by atoms with E-state index in [9.17, 15) is 4.79 Å². The van der Waals surface area contributed by atoms with E-state index in [4.69, 9.17) is 10.8 Å². The van der Waals surface area contributed by atoms with Crippen LogP contribution in [0.15, 0.2) is 24.3 Å². The van der Waals surface area contributed by atoms with Crippen LogP contribution in [0.25, 0.3) is 0 Å². The van der Waals surface area contributed by atoms with E-state index in [-0.39, 0.29) is 18.4 Å². The minimum Gasteiger partial charge on any atom is -0.392 e. The molecule has 1 amide bonds. The van der Waals surface area contributed by atoms with Gasteiger partial charge in [-0.3, -0.25) is 4.79 Å². The van der Waals surface area contributed by atoms with Crippen molar-refractivity contribution in [3.63, 3.8) is 0 Å². The molecule has 1 aliphatic heterocycles. The molecule has 2 rings (SSSR count). The predicted molar refractivity (Wildman–Crippen MR) is 61.9 cm³/mol. The van der Waals surface area contributed by atoms with Crippen molar-refractivity contribution in [2.75, 3.05) is 18.0 Å². The van der Waals surface area contributed by atoms with E-state index in [0.717, 1.165) is 11.3 Å². The third-order valence-corrected chi connectivity index (χ3v) is 2.94. The lowest BCUT2D eigenvalue weighted by Gasteiger charge is -2.17. The fourth-order valence-electron chi connectivity index (χ4n) is 2.01. The third kappa shape index (κ3) is 2.08. The maximum Gasteiger partial charge on any atom is 0.227 e. The molecule has 1 saturated heterocycles. The topological polar surface area (TPSA) is 66.6 Å². The molecule has 4 nitrogen and oxygen atoms in total. The van der Waals surface area contributed by atoms with Crippen LogP contribution < -0.4 is 10.6 Å². The van der Waals surface area contributed by atoms with E-state index < -0.39 is 0 Å². The van der Waals surface area contributed by atoms with Gasteiger partial charge in [0, 0.05) is 18.7 Å². The van der Waals surface area contributed by atoms with Gasteiger partial charge in [0.05, 0.1) is 6.61 Å². The number of nitrogens with zero attached hydrogens (tertiary/aromatic N) is 1. The van der Waals surface area contributed by atoms with Crippen LogP contribution in [0.3, 0.4) is 0 Å². The number of carbonyl (C=O) groups is 1. The summed E-state index contributed by atoms with van der Waals surface area (Å²) in [5, 5.41) is 9.05. The molecule has 4 heteroatoms. The molecule has 3 N–H and O–H groups in total. The first kappa shape index (κ1) is 11.1. The highest BCUT2D eigenvalue weighted by Gasteiger charge is 2.29. The van der Waals surface area contributed by atoms with Gasteiger partial charge in [-0.05, 0) is 30.2 Å². The Morgan fingerprint density at radius 3 is 2.94 bits per heavy atom. The Morgan fingerprint density at radius 2 is 2.31 bits per heavy atom. The Hall–Kier alpha value is -1.39. The van der Waals surface area contributed by atoms with Crippen LogP contribution in [0, 0.1) is 5.92 Å². The molecule has 1 fully saturated rings. The van der Waals surface area contributed by atoms with E-state index >= 15 is 0 Å². The number of aliphatic hydroxyl groups excluding tert-OH is 1. The van der Waals surface area contributed by atoms with Crippen molar-refractivity contribution in [2.24, 2.45) is 11.7 Å². The highest BCUT2D eigenvalue weighted by molar-refractivity contribution is 5.95. The molecule has 0 radical (unpaired) electrons. The number of amides is 1. The first-order valence-electron chi connectivity index (χ1n) is 5.45. The van der Waals surface area contributed by atoms with Gasteiger partial charge in [-0.1, -0.05) is 12.1 Å². The summed E-state index contributed by atoms with van der Waals surface area (Å²) in [5.41, 5.74) is 7.25. The van der Waals surface area contributed by atoms with Crippen molar-refractivity contribution in [3.05, 3.63) is 29.8 Å². The van der Waals surface area contributed by atoms with E-state index in [2.05, 4.69) is 0 Å². The SMILES string of the molecule is NCC1CC(=O)N(c2cccc(CO)c2)C1. The minimum atomic E-state index is -0.00378. The predicted octanol–water partition coefficient (Wildman–Crippen LogP) is 0.490. The maximum atomic E-state index is 11.8. The fourth-order valence-corrected chi connectivity index (χ4v) is 2.01. The number of rotatable bonds is 3. The highest BCUT2D eigenvalue weighted by atomic mass is 16.3. The quantitative estimate of drug-likeness (QED) is 0.779. The van der Waals surface area contributed by atoms with Crippen LogP contribution >= 0.6 is 0 Å². The smallest absolute Gasteiger partial charge is 0.227 e. The van der Waals surface area contributed by atoms with Crippen molar-refractivity contribution in [1.82, 2.24) is 0 Å². The molecule has 0 bridgehead atoms. The number of aliphatic hydroxyl groups is 1. The largest absolute Gasteiger partial charge is 0.392 e. The molecule has 16 heavy (non-hydrogen) atoms. The summed E-state index contributed by atoms with van der Waals surface area (Å²) in [6, 6.07) is 7.42. The first-order valence-corrected chi connectivity index (χ1v) is 5.45. The van der Waals surface area contributed by atoms with Gasteiger partial charge in [-0.15, -0.1) is 0 Å². The van der Waals surface area contributed by atoms with Crippen molar-refractivity contribution in [2.45, 2.75) is 13.0 Å². The lowest BCUT2D eigenvalue weighted by Crippen LogP contribution is -2.25. The van der Waals surface area contributed by atoms with Crippen LogP contribution in [0.2, 0.25) is 0 Å². The molecule has 1 aliphatic rings. The molecule has 0 spiro atoms. The molecule has 0 saturated carbocycles. The van der Waals surface area contributed by atoms with Gasteiger partial charge in [0.2, 0.25) is 5.91 Å². The molecular weight excluding hydrogens is 204 g/mol. The Kier molecular flexibility index (Phi) is 3.22. The molecule has 0 aromatic heterocycles. The summed E-state index contributed by atoms with van der Waals surface area (Å²) in [4.78, 5) is 13.5. The second-order valence-electron chi connectivity index (χ2n) is 4.14. The van der Waals surface area contributed by atoms with Gasteiger partial charge < -0.3 is 15.7 Å². The number of anilines is 1. The van der Waals surface area contributed by atoms with Crippen molar-refractivity contribution < 1.29 is 9.90 Å². The van der Waals surface area contributed by atoms with Crippen LogP contribution in [0.5, 0.6) is 0 Å². The number of nitrogens with two attached hydrogens (primary N) is 1. The average Bonchev–Trinajstić information content (AvgIpc) is 2.71. The van der Waals surface area contributed by atoms with Crippen molar-refractivity contribution >= 4 is 11.6 Å². The zero-order valence-corrected chi connectivity index (χ0v) is 9.10. The number of hydrogen-bond donors (Lipinski definition) is 2. The Morgan fingerprint density at radius 1 is 1.50 bits per heavy atom. The third-order valence-electron chi connectivity index (χ3n) is 2.94. The zero-order valence-electron chi connectivity index (χ0n) is 9.10. The summed E-state index contributed by atoms with van der Waals surface area (Å²) >= 11 is 0. The molecule has 1 aromatic rings. The van der Waals surface area contributed by atoms with Gasteiger partial charge in [0.25, 0.3) is 0 Å². The second-order valence-corrected chi connectivity index (χ2v) is 4.14. The monoisotopic (exact) mass is 220 g/mol. The standard InChI is InChI=1S/C12H16N2O2/c13-6-10-5-12(16)14(7-10)11-3-1-2-9(4-11)8-15/h1-4,10,15H,5-8,13H2. The van der Waals surface area contributed by atoms with Crippen LogP contribution in [0.1, 0.15) is 12.0 Å². The Bertz CT molecular complexity index is 392. The van der Waals surface area contributed by atoms with Gasteiger partial charge in [0.1, 0.15) is 0 Å². The molecule has 1 unspecified atom stereocenters. The molecule has 86 valence electrons. The van der Waals surface area contributed by atoms with Crippen LogP contribution in [-0.4, -0.2) is 24.1 Å². The van der Waals surface area contributed by atoms with E-state index in [1.54, 1.807) is 4.90 Å². The summed E-state index contributed by atoms with van der Waals surface area (Å²) in [6.07, 6.45) is 0.528. The molecule has 1 atom stereocenters. The normalized spacial score (nSPS) is 20.5. The van der Waals surface area contributed by atoms with E-state index in [1.165, 1.54) is 0 Å². The highest BCUT2D eigenvalue weighted by Crippen LogP contribution is 2.25. The van der Waals surface area contributed by atoms with Crippen LogP contribution in [0.4, 0.5) is 5.69 Å². The zero-order chi connectivity index (χ0) is 11.5. The number of benzene rings is 1. The van der Waals surface area contributed by atoms with Gasteiger partial charge >= 0.3 is 0 Å². The molecule has 1 aromatic carbocycles. The summed E-state index contributed by atoms with van der Waals surface area (Å²) in [5.74, 6) is 0.371. The Balaban J connectivity index is 2.20. The molecule has 1 heterocycles. The average molecular weight is 220 g/mol. The lowest BCUT2D eigenvalue weighted by molar-refractivity contribution is -0.117. The lowest BCUT2D eigenvalue weighted by atomic mass is 10.1. The molecular formula is C12H16N2O2. The van der Waals surface area contributed by atoms with Crippen molar-refractivity contribution in [3.8, 4) is 0 Å². The fraction of sp³-hybridized carbons (Fsp3) is 0.417. The van der Waals surface area contributed by atoms with Gasteiger partial charge in [-0.2, -0.15) is 0 Å². The first-order chi connectivity index (χ1) is 7.74. The number of carbonyl (C=O) groups excluding carboxylic acids is 1. The maximum absolute atomic E-state index is 11.8. The van der Waals surface area contributed by atoms with E-state index in [1.807, 2.05) is 24.3 Å². The van der Waals surface area contributed by atoms with Crippen molar-refractivity contribution in [1.29, 1.82) is 0 Å². The summed E-state index contributed by atoms with van der Waals surface area (Å²) < 4.78 is 0. The number of hydrogen-bond acceptors (Lipinski definition) is 3. The molecule has 0 aliphatic carbocycles. The minimum absolute atomic E-state index is 0.00378. The summed E-state index contributed by atoms with van der Waals surface area (Å²) in [6.45, 7) is 1.22. The van der Waals surface area contributed by atoms with Gasteiger partial charge in [-0.25, -0.2) is 0 Å². The summed E-state index contributed by atoms with van der Waals surface area (Å²) in [7, 11) is 0. The van der Waals surface area contributed by atoms with Gasteiger partial charge in [0.15, 0.2) is 0 Å². The van der Waals surface area contributed by atoms with Crippen LogP contribution in [-0.2, 0) is 11.4 Å². The Labute approximate surface area is 94.7 Å².